The maximum absolute atomic E-state index is 12.7. The summed E-state index contributed by atoms with van der Waals surface area (Å²) in [6.45, 7) is 6.28. The largest absolute Gasteiger partial charge is 0.465 e. The summed E-state index contributed by atoms with van der Waals surface area (Å²) >= 11 is 5.33. The normalized spacial score (nSPS) is 37.9. The molecule has 0 unspecified atom stereocenters. The summed E-state index contributed by atoms with van der Waals surface area (Å²) in [5.41, 5.74) is -0.291. The molecule has 1 N–H and O–H groups in total. The van der Waals surface area contributed by atoms with Crippen LogP contribution in [0.2, 0.25) is 0 Å². The van der Waals surface area contributed by atoms with Gasteiger partial charge in [0.25, 0.3) is 5.17 Å². The lowest BCUT2D eigenvalue weighted by molar-refractivity contribution is -0.135. The third-order valence-electron chi connectivity index (χ3n) is 5.91. The molecule has 1 amide bonds. The number of allylic oxidation sites excluding steroid dienone is 1. The second kappa shape index (κ2) is 4.78. The number of carbonyl (C=O) groups is 1. The minimum absolute atomic E-state index is 0.0133. The van der Waals surface area contributed by atoms with Crippen LogP contribution in [0.1, 0.15) is 46.5 Å². The Bertz CT molecular complexity index is 516. The molecule has 3 fully saturated rings. The molecular formula is C16H23NO3S. The highest BCUT2D eigenvalue weighted by Crippen LogP contribution is 2.65. The van der Waals surface area contributed by atoms with E-state index in [0.717, 1.165) is 19.3 Å². The number of amides is 1. The van der Waals surface area contributed by atoms with E-state index in [9.17, 15) is 9.90 Å². The summed E-state index contributed by atoms with van der Waals surface area (Å²) in [6.07, 6.45) is 5.76. The molecule has 1 heterocycles. The molecule has 116 valence electrons. The van der Waals surface area contributed by atoms with Gasteiger partial charge in [-0.15, -0.1) is 0 Å². The first-order valence-corrected chi connectivity index (χ1v) is 8.10. The lowest BCUT2D eigenvalue weighted by atomic mass is 9.74. The van der Waals surface area contributed by atoms with Gasteiger partial charge in [0.05, 0.1) is 18.1 Å². The number of hydrogen-bond acceptors (Lipinski definition) is 4. The second-order valence-corrected chi connectivity index (χ2v) is 7.37. The molecule has 21 heavy (non-hydrogen) atoms. The van der Waals surface area contributed by atoms with Gasteiger partial charge in [-0.05, 0) is 49.7 Å². The van der Waals surface area contributed by atoms with Crippen LogP contribution in [0.3, 0.4) is 0 Å². The number of thiocarbonyl (C=S) groups is 1. The SMILES string of the molecule is C/C=C/[C@@H](O)CC(=O)N1C(=S)O[C@@H]2C[C@H]3CC[C@]21C3(C)C. The monoisotopic (exact) mass is 309 g/mol. The van der Waals surface area contributed by atoms with Gasteiger partial charge >= 0.3 is 0 Å². The van der Waals surface area contributed by atoms with Gasteiger partial charge in [-0.2, -0.15) is 0 Å². The van der Waals surface area contributed by atoms with Crippen LogP contribution >= 0.6 is 12.2 Å². The zero-order valence-corrected chi connectivity index (χ0v) is 13.7. The van der Waals surface area contributed by atoms with E-state index in [-0.39, 0.29) is 29.4 Å². The highest BCUT2D eigenvalue weighted by Gasteiger charge is 2.72. The van der Waals surface area contributed by atoms with Crippen molar-refractivity contribution >= 4 is 23.3 Å². The molecule has 4 atom stereocenters. The van der Waals surface area contributed by atoms with Gasteiger partial charge in [-0.3, -0.25) is 9.69 Å². The van der Waals surface area contributed by atoms with E-state index in [4.69, 9.17) is 17.0 Å². The molecule has 5 heteroatoms. The van der Waals surface area contributed by atoms with Gasteiger partial charge in [0.15, 0.2) is 0 Å². The first-order valence-electron chi connectivity index (χ1n) is 7.69. The van der Waals surface area contributed by atoms with E-state index in [0.29, 0.717) is 11.1 Å². The van der Waals surface area contributed by atoms with Crippen LogP contribution in [0.25, 0.3) is 0 Å². The summed E-state index contributed by atoms with van der Waals surface area (Å²) in [7, 11) is 0. The number of hydrogen-bond donors (Lipinski definition) is 1. The molecule has 2 bridgehead atoms. The topological polar surface area (TPSA) is 49.8 Å². The summed E-state index contributed by atoms with van der Waals surface area (Å²) < 4.78 is 5.86. The van der Waals surface area contributed by atoms with Crippen LogP contribution in [-0.4, -0.2) is 38.8 Å². The van der Waals surface area contributed by atoms with Gasteiger partial charge < -0.3 is 9.84 Å². The van der Waals surface area contributed by atoms with Gasteiger partial charge in [-0.1, -0.05) is 26.0 Å². The Hall–Kier alpha value is -0.940. The van der Waals surface area contributed by atoms with Crippen molar-refractivity contribution < 1.29 is 14.6 Å². The Balaban J connectivity index is 1.90. The average molecular weight is 309 g/mol. The van der Waals surface area contributed by atoms with Gasteiger partial charge in [0, 0.05) is 0 Å². The van der Waals surface area contributed by atoms with Gasteiger partial charge in [0.2, 0.25) is 5.91 Å². The van der Waals surface area contributed by atoms with E-state index in [1.54, 1.807) is 17.1 Å². The average Bonchev–Trinajstić information content (AvgIpc) is 2.89. The molecule has 3 rings (SSSR count). The lowest BCUT2D eigenvalue weighted by Gasteiger charge is -2.42. The molecule has 1 aliphatic heterocycles. The highest BCUT2D eigenvalue weighted by atomic mass is 32.1. The summed E-state index contributed by atoms with van der Waals surface area (Å²) in [5.74, 6) is 0.463. The number of carbonyl (C=O) groups excluding carboxylic acids is 1. The Morgan fingerprint density at radius 3 is 2.95 bits per heavy atom. The van der Waals surface area contributed by atoms with Crippen molar-refractivity contribution in [2.45, 2.75) is 64.2 Å². The summed E-state index contributed by atoms with van der Waals surface area (Å²) in [5, 5.41) is 10.2. The van der Waals surface area contributed by atoms with Crippen molar-refractivity contribution in [1.29, 1.82) is 0 Å². The summed E-state index contributed by atoms with van der Waals surface area (Å²) in [6, 6.07) is 0. The molecule has 3 aliphatic rings. The molecule has 0 aromatic rings. The predicted molar refractivity (Wildman–Crippen MR) is 83.6 cm³/mol. The van der Waals surface area contributed by atoms with Crippen LogP contribution < -0.4 is 0 Å². The molecule has 2 saturated carbocycles. The molecule has 0 aromatic heterocycles. The molecule has 1 spiro atoms. The predicted octanol–water partition coefficient (Wildman–Crippen LogP) is 2.40. The van der Waals surface area contributed by atoms with Gasteiger partial charge in [0.1, 0.15) is 6.10 Å². The quantitative estimate of drug-likeness (QED) is 0.642. The molecular weight excluding hydrogens is 286 g/mol. The molecule has 0 radical (unpaired) electrons. The second-order valence-electron chi connectivity index (χ2n) is 7.02. The van der Waals surface area contributed by atoms with Crippen LogP contribution in [0.5, 0.6) is 0 Å². The zero-order chi connectivity index (χ0) is 15.4. The number of aliphatic hydroxyl groups is 1. The first kappa shape index (κ1) is 15.0. The van der Waals surface area contributed by atoms with E-state index in [2.05, 4.69) is 13.8 Å². The van der Waals surface area contributed by atoms with Crippen molar-refractivity contribution in [1.82, 2.24) is 4.90 Å². The smallest absolute Gasteiger partial charge is 0.267 e. The van der Waals surface area contributed by atoms with Crippen LogP contribution in [-0.2, 0) is 9.53 Å². The van der Waals surface area contributed by atoms with Crippen molar-refractivity contribution in [2.75, 3.05) is 0 Å². The molecule has 4 nitrogen and oxygen atoms in total. The Morgan fingerprint density at radius 2 is 2.33 bits per heavy atom. The van der Waals surface area contributed by atoms with Crippen LogP contribution in [0, 0.1) is 11.3 Å². The van der Waals surface area contributed by atoms with Crippen molar-refractivity contribution in [3.8, 4) is 0 Å². The Labute approximate surface area is 131 Å². The standard InChI is InChI=1S/C16H23NO3S/c1-4-5-11(18)9-13(19)17-14(21)20-12-8-10-6-7-16(12,17)15(10,2)3/h4-5,10-12,18H,6-9H2,1-3H3/b5-4+/t10-,11-,12-,16-/m1/s1. The molecule has 0 aromatic carbocycles. The number of fused-ring (bicyclic) bond motifs is 1. The first-order chi connectivity index (χ1) is 9.84. The molecule has 1 saturated heterocycles. The highest BCUT2D eigenvalue weighted by molar-refractivity contribution is 7.80. The summed E-state index contributed by atoms with van der Waals surface area (Å²) in [4.78, 5) is 14.4. The maximum Gasteiger partial charge on any atom is 0.267 e. The number of nitrogens with zero attached hydrogens (tertiary/aromatic N) is 1. The van der Waals surface area contributed by atoms with Crippen LogP contribution in [0.4, 0.5) is 0 Å². The van der Waals surface area contributed by atoms with Gasteiger partial charge in [-0.25, -0.2) is 0 Å². The Morgan fingerprint density at radius 1 is 1.62 bits per heavy atom. The third-order valence-corrected chi connectivity index (χ3v) is 6.19. The number of ether oxygens (including phenoxy) is 1. The lowest BCUT2D eigenvalue weighted by Crippen LogP contribution is -2.57. The van der Waals surface area contributed by atoms with Crippen molar-refractivity contribution in [3.05, 3.63) is 12.2 Å². The van der Waals surface area contributed by atoms with E-state index in [1.807, 2.05) is 6.92 Å². The Kier molecular flexibility index (Phi) is 3.41. The maximum atomic E-state index is 12.7. The third kappa shape index (κ3) is 1.83. The minimum Gasteiger partial charge on any atom is -0.465 e. The van der Waals surface area contributed by atoms with Crippen LogP contribution in [0.15, 0.2) is 12.2 Å². The fourth-order valence-corrected chi connectivity index (χ4v) is 5.16. The number of rotatable bonds is 3. The molecule has 2 aliphatic carbocycles. The van der Waals surface area contributed by atoms with E-state index >= 15 is 0 Å². The van der Waals surface area contributed by atoms with Crippen molar-refractivity contribution in [2.24, 2.45) is 11.3 Å². The van der Waals surface area contributed by atoms with E-state index in [1.165, 1.54) is 0 Å². The van der Waals surface area contributed by atoms with Crippen molar-refractivity contribution in [3.63, 3.8) is 0 Å². The zero-order valence-electron chi connectivity index (χ0n) is 12.8. The fourth-order valence-electron chi connectivity index (χ4n) is 4.78. The fraction of sp³-hybridized carbons (Fsp3) is 0.750. The number of aliphatic hydroxyl groups excluding tert-OH is 1. The van der Waals surface area contributed by atoms with E-state index < -0.39 is 6.10 Å². The minimum atomic E-state index is -0.762.